The van der Waals surface area contributed by atoms with E-state index in [9.17, 15) is 9.18 Å². The van der Waals surface area contributed by atoms with Gasteiger partial charge in [0.05, 0.1) is 11.9 Å². The number of aromatic nitrogens is 2. The molecule has 0 aliphatic carbocycles. The van der Waals surface area contributed by atoms with Crippen LogP contribution in [0.4, 0.5) is 10.1 Å². The lowest BCUT2D eigenvalue weighted by Crippen LogP contribution is -2.27. The Kier molecular flexibility index (Phi) is 3.57. The van der Waals surface area contributed by atoms with Gasteiger partial charge in [-0.3, -0.25) is 4.79 Å². The van der Waals surface area contributed by atoms with E-state index in [-0.39, 0.29) is 5.56 Å². The second kappa shape index (κ2) is 5.31. The highest BCUT2D eigenvalue weighted by Gasteiger charge is 2.10. The van der Waals surface area contributed by atoms with E-state index in [1.807, 2.05) is 4.57 Å². The summed E-state index contributed by atoms with van der Waals surface area (Å²) >= 11 is 0. The first kappa shape index (κ1) is 12.1. The molecule has 0 atom stereocenters. The number of nitrogens with zero attached hydrogens (tertiary/aromatic N) is 2. The number of hydrogen-bond acceptors (Lipinski definition) is 3. The van der Waals surface area contributed by atoms with Crippen LogP contribution < -0.4 is 11.1 Å². The largest absolute Gasteiger partial charge is 0.399 e. The third-order valence-corrected chi connectivity index (χ3v) is 2.45. The summed E-state index contributed by atoms with van der Waals surface area (Å²) in [5, 5.41) is 2.63. The molecule has 0 spiro atoms. The Hall–Kier alpha value is -2.37. The Labute approximate surface area is 103 Å². The average Bonchev–Trinajstić information content (AvgIpc) is 2.81. The van der Waals surface area contributed by atoms with Crippen LogP contribution in [0.25, 0.3) is 0 Å². The monoisotopic (exact) mass is 248 g/mol. The minimum Gasteiger partial charge on any atom is -0.399 e. The van der Waals surface area contributed by atoms with Crippen molar-refractivity contribution >= 4 is 11.6 Å². The van der Waals surface area contributed by atoms with Gasteiger partial charge in [-0.25, -0.2) is 9.37 Å². The number of amides is 1. The third-order valence-electron chi connectivity index (χ3n) is 2.45. The first-order chi connectivity index (χ1) is 8.66. The summed E-state index contributed by atoms with van der Waals surface area (Å²) < 4.78 is 15.3. The molecule has 1 heterocycles. The molecule has 0 bridgehead atoms. The molecule has 94 valence electrons. The fourth-order valence-electron chi connectivity index (χ4n) is 1.53. The maximum Gasteiger partial charge on any atom is 0.254 e. The molecule has 1 amide bonds. The minimum atomic E-state index is -0.616. The van der Waals surface area contributed by atoms with Gasteiger partial charge in [0.1, 0.15) is 5.82 Å². The molecule has 5 nitrogen and oxygen atoms in total. The van der Waals surface area contributed by atoms with Crippen molar-refractivity contribution < 1.29 is 9.18 Å². The average molecular weight is 248 g/mol. The molecule has 0 saturated carbocycles. The van der Waals surface area contributed by atoms with Gasteiger partial charge in [0.25, 0.3) is 5.91 Å². The molecule has 1 aromatic heterocycles. The molecule has 0 aliphatic heterocycles. The highest BCUT2D eigenvalue weighted by molar-refractivity contribution is 5.94. The third kappa shape index (κ3) is 2.85. The molecule has 0 saturated heterocycles. The summed E-state index contributed by atoms with van der Waals surface area (Å²) in [5.41, 5.74) is 5.70. The van der Waals surface area contributed by atoms with Crippen LogP contribution in [0.2, 0.25) is 0 Å². The second-order valence-electron chi connectivity index (χ2n) is 3.80. The zero-order valence-electron chi connectivity index (χ0n) is 9.64. The van der Waals surface area contributed by atoms with Gasteiger partial charge < -0.3 is 15.6 Å². The molecular weight excluding hydrogens is 235 g/mol. The number of hydrogen-bond donors (Lipinski definition) is 2. The molecule has 0 fully saturated rings. The summed E-state index contributed by atoms with van der Waals surface area (Å²) in [6.45, 7) is 0.987. The minimum absolute atomic E-state index is 0.00479. The molecule has 6 heteroatoms. The lowest BCUT2D eigenvalue weighted by atomic mass is 10.2. The van der Waals surface area contributed by atoms with E-state index in [2.05, 4.69) is 10.3 Å². The van der Waals surface area contributed by atoms with Crippen LogP contribution in [0.3, 0.4) is 0 Å². The van der Waals surface area contributed by atoms with Crippen molar-refractivity contribution in [2.75, 3.05) is 12.3 Å². The summed E-state index contributed by atoms with van der Waals surface area (Å²) in [6.07, 6.45) is 5.09. The number of imidazole rings is 1. The van der Waals surface area contributed by atoms with Crippen molar-refractivity contribution in [2.45, 2.75) is 6.54 Å². The second-order valence-corrected chi connectivity index (χ2v) is 3.80. The maximum atomic E-state index is 13.4. The van der Waals surface area contributed by atoms with Gasteiger partial charge in [-0.2, -0.15) is 0 Å². The van der Waals surface area contributed by atoms with Crippen LogP contribution in [0.5, 0.6) is 0 Å². The van der Waals surface area contributed by atoms with E-state index in [1.165, 1.54) is 12.1 Å². The molecular formula is C12H13FN4O. The number of carbonyl (C=O) groups excluding carboxylic acids is 1. The lowest BCUT2D eigenvalue weighted by molar-refractivity contribution is 0.0948. The van der Waals surface area contributed by atoms with Crippen LogP contribution in [0.1, 0.15) is 10.4 Å². The van der Waals surface area contributed by atoms with Crippen molar-refractivity contribution in [1.82, 2.24) is 14.9 Å². The number of anilines is 1. The number of carbonyl (C=O) groups is 1. The van der Waals surface area contributed by atoms with Gasteiger partial charge >= 0.3 is 0 Å². The van der Waals surface area contributed by atoms with Crippen LogP contribution >= 0.6 is 0 Å². The van der Waals surface area contributed by atoms with E-state index in [1.54, 1.807) is 18.7 Å². The predicted molar refractivity (Wildman–Crippen MR) is 65.4 cm³/mol. The Bertz CT molecular complexity index is 539. The number of nitrogen functional groups attached to an aromatic ring is 1. The Morgan fingerprint density at radius 3 is 3.00 bits per heavy atom. The molecule has 0 radical (unpaired) electrons. The van der Waals surface area contributed by atoms with Gasteiger partial charge in [0.15, 0.2) is 0 Å². The maximum absolute atomic E-state index is 13.4. The van der Waals surface area contributed by atoms with E-state index in [0.717, 1.165) is 6.07 Å². The topological polar surface area (TPSA) is 72.9 Å². The van der Waals surface area contributed by atoms with Crippen molar-refractivity contribution in [3.8, 4) is 0 Å². The summed E-state index contributed by atoms with van der Waals surface area (Å²) in [4.78, 5) is 15.6. The lowest BCUT2D eigenvalue weighted by Gasteiger charge is -2.07. The zero-order chi connectivity index (χ0) is 13.0. The standard InChI is InChI=1S/C12H13FN4O/c13-11-7-9(14)1-2-10(11)12(18)16-4-6-17-5-3-15-8-17/h1-3,5,7-8H,4,6,14H2,(H,16,18). The van der Waals surface area contributed by atoms with E-state index < -0.39 is 11.7 Å². The van der Waals surface area contributed by atoms with Crippen LogP contribution in [-0.2, 0) is 6.54 Å². The molecule has 1 aromatic carbocycles. The number of nitrogens with two attached hydrogens (primary N) is 1. The number of rotatable bonds is 4. The number of halogens is 1. The number of nitrogens with one attached hydrogen (secondary N) is 1. The summed E-state index contributed by atoms with van der Waals surface area (Å²) in [5.74, 6) is -1.07. The van der Waals surface area contributed by atoms with Gasteiger partial charge in [0, 0.05) is 31.2 Å². The highest BCUT2D eigenvalue weighted by atomic mass is 19.1. The summed E-state index contributed by atoms with van der Waals surface area (Å²) in [6, 6.07) is 4.00. The Morgan fingerprint density at radius 1 is 1.50 bits per heavy atom. The fraction of sp³-hybridized carbons (Fsp3) is 0.167. The Morgan fingerprint density at radius 2 is 2.33 bits per heavy atom. The fourth-order valence-corrected chi connectivity index (χ4v) is 1.53. The molecule has 3 N–H and O–H groups in total. The van der Waals surface area contributed by atoms with Crippen LogP contribution in [-0.4, -0.2) is 22.0 Å². The van der Waals surface area contributed by atoms with Crippen molar-refractivity contribution in [3.05, 3.63) is 48.3 Å². The van der Waals surface area contributed by atoms with Gasteiger partial charge in [-0.15, -0.1) is 0 Å². The molecule has 0 aliphatic rings. The van der Waals surface area contributed by atoms with E-state index in [4.69, 9.17) is 5.73 Å². The van der Waals surface area contributed by atoms with E-state index >= 15 is 0 Å². The molecule has 18 heavy (non-hydrogen) atoms. The Balaban J connectivity index is 1.91. The van der Waals surface area contributed by atoms with Crippen molar-refractivity contribution in [1.29, 1.82) is 0 Å². The van der Waals surface area contributed by atoms with E-state index in [0.29, 0.717) is 18.8 Å². The molecule has 2 aromatic rings. The zero-order valence-corrected chi connectivity index (χ0v) is 9.64. The SMILES string of the molecule is Nc1ccc(C(=O)NCCn2ccnc2)c(F)c1. The quantitative estimate of drug-likeness (QED) is 0.794. The summed E-state index contributed by atoms with van der Waals surface area (Å²) in [7, 11) is 0. The van der Waals surface area contributed by atoms with Gasteiger partial charge in [-0.05, 0) is 18.2 Å². The van der Waals surface area contributed by atoms with Crippen LogP contribution in [0, 0.1) is 5.82 Å². The first-order valence-corrected chi connectivity index (χ1v) is 5.46. The molecule has 0 unspecified atom stereocenters. The molecule has 2 rings (SSSR count). The first-order valence-electron chi connectivity index (χ1n) is 5.46. The smallest absolute Gasteiger partial charge is 0.254 e. The normalized spacial score (nSPS) is 10.3. The van der Waals surface area contributed by atoms with Gasteiger partial charge in [0.2, 0.25) is 0 Å². The van der Waals surface area contributed by atoms with Crippen molar-refractivity contribution in [2.24, 2.45) is 0 Å². The van der Waals surface area contributed by atoms with Crippen molar-refractivity contribution in [3.63, 3.8) is 0 Å². The van der Waals surface area contributed by atoms with Gasteiger partial charge in [-0.1, -0.05) is 0 Å². The predicted octanol–water partition coefficient (Wildman–Crippen LogP) is 1.03. The highest BCUT2D eigenvalue weighted by Crippen LogP contribution is 2.11. The number of benzene rings is 1. The van der Waals surface area contributed by atoms with Crippen LogP contribution in [0.15, 0.2) is 36.9 Å².